The van der Waals surface area contributed by atoms with Crippen LogP contribution in [0.15, 0.2) is 48.5 Å². The highest BCUT2D eigenvalue weighted by molar-refractivity contribution is 5.86. The van der Waals surface area contributed by atoms with E-state index < -0.39 is 65.0 Å². The van der Waals surface area contributed by atoms with Crippen molar-refractivity contribution in [3.63, 3.8) is 0 Å². The molecule has 0 saturated carbocycles. The lowest BCUT2D eigenvalue weighted by Gasteiger charge is -2.24. The highest BCUT2D eigenvalue weighted by atomic mass is 16.6. The standard InChI is InChI=1S/C65H103N5O13/c1-63(2,3)81-57(73)41-25-23-21-19-17-15-13-11-10-12-14-16-18-20-22-24-40-56(72)68-54(60(77)82-64(4,5)6)42-43-55(71)66-44-32-30-38-52(69-62(79)83-65(7,8)9)58(74)67-45-33-31-39-53(59(75)76)70-61(78)80-46-51-49-36-28-26-34-47(49)48-35-27-29-37-50(48)51/h26-29,34-37,51-54H,10-25,30-33,38-46H2,1-9H3,(H,66,71)(H,67,74)(H,68,72)(H,69,79)(H,70,78)(H,75,76)/t52-,53-,54-/m0/s1. The van der Waals surface area contributed by atoms with Crippen LogP contribution >= 0.6 is 0 Å². The molecule has 3 rings (SSSR count). The molecular weight excluding hydrogens is 1060 g/mol. The van der Waals surface area contributed by atoms with Crippen LogP contribution in [0.3, 0.4) is 0 Å². The number of aliphatic carboxylic acids is 1. The van der Waals surface area contributed by atoms with E-state index in [4.69, 9.17) is 18.9 Å². The Bertz CT molecular complexity index is 2270. The second-order valence-electron chi connectivity index (χ2n) is 25.1. The number of ether oxygens (including phenoxy) is 4. The Morgan fingerprint density at radius 3 is 1.39 bits per heavy atom. The minimum atomic E-state index is -1.21. The van der Waals surface area contributed by atoms with Gasteiger partial charge in [0.2, 0.25) is 17.7 Å². The fourth-order valence-corrected chi connectivity index (χ4v) is 9.94. The predicted molar refractivity (Wildman–Crippen MR) is 322 cm³/mol. The summed E-state index contributed by atoms with van der Waals surface area (Å²) in [7, 11) is 0. The number of carboxylic acids is 1. The molecule has 0 radical (unpaired) electrons. The third-order valence-electron chi connectivity index (χ3n) is 14.0. The number of nitrogens with one attached hydrogen (secondary N) is 5. The molecule has 0 fully saturated rings. The number of alkyl carbamates (subject to hydrolysis) is 2. The van der Waals surface area contributed by atoms with Crippen molar-refractivity contribution in [1.82, 2.24) is 26.6 Å². The lowest BCUT2D eigenvalue weighted by Crippen LogP contribution is -2.48. The maximum atomic E-state index is 13.4. The number of carbonyl (C=O) groups excluding carboxylic acids is 7. The van der Waals surface area contributed by atoms with E-state index in [1.54, 1.807) is 41.5 Å². The van der Waals surface area contributed by atoms with E-state index >= 15 is 0 Å². The first-order valence-corrected chi connectivity index (χ1v) is 30.9. The molecule has 1 aliphatic rings. The average Bonchev–Trinajstić information content (AvgIpc) is 2.91. The molecule has 0 unspecified atom stereocenters. The number of carbonyl (C=O) groups is 8. The number of benzene rings is 2. The summed E-state index contributed by atoms with van der Waals surface area (Å²) in [5.74, 6) is -3.13. The Hall–Kier alpha value is -6.20. The summed E-state index contributed by atoms with van der Waals surface area (Å²) in [4.78, 5) is 102. The molecule has 18 heteroatoms. The third-order valence-corrected chi connectivity index (χ3v) is 14.0. The maximum Gasteiger partial charge on any atom is 0.408 e. The molecule has 0 aromatic heterocycles. The van der Waals surface area contributed by atoms with E-state index in [2.05, 4.69) is 26.6 Å². The minimum absolute atomic E-state index is 0.0337. The zero-order valence-electron chi connectivity index (χ0n) is 51.8. The molecule has 466 valence electrons. The van der Waals surface area contributed by atoms with Crippen LogP contribution in [0.5, 0.6) is 0 Å². The van der Waals surface area contributed by atoms with Gasteiger partial charge in [0.05, 0.1) is 0 Å². The Balaban J connectivity index is 1.31. The predicted octanol–water partition coefficient (Wildman–Crippen LogP) is 12.4. The van der Waals surface area contributed by atoms with Gasteiger partial charge in [-0.05, 0) is 142 Å². The largest absolute Gasteiger partial charge is 0.480 e. The van der Waals surface area contributed by atoms with E-state index in [1.807, 2.05) is 69.3 Å². The number of unbranched alkanes of at least 4 members (excludes halogenated alkanes) is 17. The normalized spacial score (nSPS) is 13.3. The van der Waals surface area contributed by atoms with Gasteiger partial charge in [-0.15, -0.1) is 0 Å². The van der Waals surface area contributed by atoms with Gasteiger partial charge in [-0.1, -0.05) is 138 Å². The molecule has 5 amide bonds. The number of hydrogen-bond donors (Lipinski definition) is 6. The van der Waals surface area contributed by atoms with Gasteiger partial charge >= 0.3 is 30.1 Å². The molecule has 6 N–H and O–H groups in total. The van der Waals surface area contributed by atoms with Gasteiger partial charge in [-0.25, -0.2) is 19.2 Å². The first kappa shape index (κ1) is 71.1. The fraction of sp³-hybridized carbons (Fsp3) is 0.692. The van der Waals surface area contributed by atoms with Crippen LogP contribution < -0.4 is 26.6 Å². The van der Waals surface area contributed by atoms with Gasteiger partial charge < -0.3 is 50.6 Å². The van der Waals surface area contributed by atoms with E-state index in [9.17, 15) is 43.5 Å². The van der Waals surface area contributed by atoms with Gasteiger partial charge in [-0.3, -0.25) is 19.2 Å². The van der Waals surface area contributed by atoms with Crippen molar-refractivity contribution >= 4 is 47.8 Å². The van der Waals surface area contributed by atoms with Gasteiger partial charge in [0.1, 0.15) is 41.5 Å². The number of rotatable bonds is 40. The molecule has 2 aromatic rings. The zero-order valence-corrected chi connectivity index (χ0v) is 51.8. The molecule has 0 saturated heterocycles. The molecule has 83 heavy (non-hydrogen) atoms. The quantitative estimate of drug-likeness (QED) is 0.0206. The summed E-state index contributed by atoms with van der Waals surface area (Å²) < 4.78 is 21.9. The van der Waals surface area contributed by atoms with E-state index in [0.717, 1.165) is 54.4 Å². The highest BCUT2D eigenvalue weighted by Crippen LogP contribution is 2.44. The number of hydrogen-bond acceptors (Lipinski definition) is 12. The summed E-state index contributed by atoms with van der Waals surface area (Å²) in [5, 5.41) is 23.5. The Morgan fingerprint density at radius 1 is 0.446 bits per heavy atom. The van der Waals surface area contributed by atoms with Crippen molar-refractivity contribution < 1.29 is 62.4 Å². The molecule has 1 aliphatic carbocycles. The summed E-state index contributed by atoms with van der Waals surface area (Å²) >= 11 is 0. The summed E-state index contributed by atoms with van der Waals surface area (Å²) in [5.41, 5.74) is 2.21. The smallest absolute Gasteiger partial charge is 0.408 e. The fourth-order valence-electron chi connectivity index (χ4n) is 9.94. The molecule has 0 aliphatic heterocycles. The molecule has 3 atom stereocenters. The average molecular weight is 1160 g/mol. The van der Waals surface area contributed by atoms with Gasteiger partial charge in [0.25, 0.3) is 0 Å². The summed E-state index contributed by atoms with van der Waals surface area (Å²) in [6, 6.07) is 12.7. The van der Waals surface area contributed by atoms with Gasteiger partial charge in [0.15, 0.2) is 0 Å². The first-order chi connectivity index (χ1) is 39.3. The van der Waals surface area contributed by atoms with Crippen LogP contribution in [0.4, 0.5) is 9.59 Å². The Morgan fingerprint density at radius 2 is 0.892 bits per heavy atom. The van der Waals surface area contributed by atoms with Crippen LogP contribution in [0.2, 0.25) is 0 Å². The lowest BCUT2D eigenvalue weighted by atomic mass is 9.98. The number of esters is 2. The van der Waals surface area contributed by atoms with Crippen LogP contribution in [-0.2, 0) is 47.7 Å². The first-order valence-electron chi connectivity index (χ1n) is 30.9. The highest BCUT2D eigenvalue weighted by Gasteiger charge is 2.31. The third kappa shape index (κ3) is 31.9. The lowest BCUT2D eigenvalue weighted by molar-refractivity contribution is -0.159. The van der Waals surface area contributed by atoms with E-state index in [-0.39, 0.29) is 75.5 Å². The van der Waals surface area contributed by atoms with Crippen LogP contribution in [0.1, 0.15) is 246 Å². The van der Waals surface area contributed by atoms with Crippen molar-refractivity contribution in [2.75, 3.05) is 19.7 Å². The molecule has 0 spiro atoms. The van der Waals surface area contributed by atoms with Crippen molar-refractivity contribution in [1.29, 1.82) is 0 Å². The van der Waals surface area contributed by atoms with Crippen molar-refractivity contribution in [2.24, 2.45) is 0 Å². The topological polar surface area (TPSA) is 254 Å². The number of amides is 5. The SMILES string of the molecule is CC(C)(C)OC(=O)CCCCCCCCCCCCCCCCCCC(=O)N[C@@H](CCC(=O)NCCCC[C@H](NC(=O)OC(C)(C)C)C(=O)NCCCC[C@H](NC(=O)OCC1c2ccccc2-c2ccccc21)C(=O)O)C(=O)OC(C)(C)C. The Labute approximate surface area is 495 Å². The van der Waals surface area contributed by atoms with E-state index in [0.29, 0.717) is 38.5 Å². The zero-order chi connectivity index (χ0) is 61.3. The minimum Gasteiger partial charge on any atom is -0.480 e. The second-order valence-corrected chi connectivity index (χ2v) is 25.1. The maximum absolute atomic E-state index is 13.4. The van der Waals surface area contributed by atoms with Gasteiger partial charge in [-0.2, -0.15) is 0 Å². The molecule has 18 nitrogen and oxygen atoms in total. The molecule has 0 heterocycles. The molecule has 2 aromatic carbocycles. The van der Waals surface area contributed by atoms with Crippen molar-refractivity contribution in [3.8, 4) is 11.1 Å². The molecular formula is C65H103N5O13. The van der Waals surface area contributed by atoms with Crippen molar-refractivity contribution in [2.45, 2.75) is 270 Å². The molecule has 0 bridgehead atoms. The van der Waals surface area contributed by atoms with E-state index in [1.165, 1.54) is 64.2 Å². The van der Waals surface area contributed by atoms with Crippen LogP contribution in [-0.4, -0.2) is 108 Å². The number of carboxylic acid groups (broad SMARTS) is 1. The Kier molecular flexibility index (Phi) is 32.4. The monoisotopic (exact) mass is 1160 g/mol. The summed E-state index contributed by atoms with van der Waals surface area (Å²) in [6.07, 6.45) is 19.3. The van der Waals surface area contributed by atoms with Gasteiger partial charge in [0, 0.05) is 38.3 Å². The summed E-state index contributed by atoms with van der Waals surface area (Å²) in [6.45, 7) is 16.5. The second kappa shape index (κ2) is 37.9. The van der Waals surface area contributed by atoms with Crippen LogP contribution in [0, 0.1) is 0 Å². The number of fused-ring (bicyclic) bond motifs is 3. The van der Waals surface area contributed by atoms with Crippen LogP contribution in [0.25, 0.3) is 11.1 Å². The van der Waals surface area contributed by atoms with Crippen molar-refractivity contribution in [3.05, 3.63) is 59.7 Å².